The average molecular weight is 421 g/mol. The predicted octanol–water partition coefficient (Wildman–Crippen LogP) is 0.933. The van der Waals surface area contributed by atoms with Crippen molar-refractivity contribution in [3.63, 3.8) is 0 Å². The van der Waals surface area contributed by atoms with Crippen LogP contribution >= 0.6 is 0 Å². The van der Waals surface area contributed by atoms with Gasteiger partial charge in [0.1, 0.15) is 0 Å². The number of likely N-dealkylation sites (tertiary alicyclic amines) is 1. The molecular formula is C19H28N6O3S. The second kappa shape index (κ2) is 9.04. The third-order valence-corrected chi connectivity index (χ3v) is 5.67. The summed E-state index contributed by atoms with van der Waals surface area (Å²) in [5.41, 5.74) is 3.29. The van der Waals surface area contributed by atoms with Crippen molar-refractivity contribution in [2.24, 2.45) is 11.1 Å². The Morgan fingerprint density at radius 2 is 2.00 bits per heavy atom. The third-order valence-electron chi connectivity index (χ3n) is 5.10. The summed E-state index contributed by atoms with van der Waals surface area (Å²) in [6, 6.07) is 9.77. The third kappa shape index (κ3) is 5.86. The summed E-state index contributed by atoms with van der Waals surface area (Å²) >= 11 is 0. The first kappa shape index (κ1) is 21.4. The lowest BCUT2D eigenvalue weighted by Gasteiger charge is -2.32. The van der Waals surface area contributed by atoms with Crippen molar-refractivity contribution in [3.05, 3.63) is 41.7 Å². The fraction of sp³-hybridized carbons (Fsp3) is 0.474. The maximum atomic E-state index is 12.6. The highest BCUT2D eigenvalue weighted by Crippen LogP contribution is 2.23. The van der Waals surface area contributed by atoms with Gasteiger partial charge in [-0.05, 0) is 51.3 Å². The van der Waals surface area contributed by atoms with Crippen LogP contribution in [0.3, 0.4) is 0 Å². The number of para-hydroxylation sites is 1. The molecule has 4 N–H and O–H groups in total. The molecule has 1 saturated heterocycles. The Morgan fingerprint density at radius 3 is 2.69 bits per heavy atom. The van der Waals surface area contributed by atoms with Crippen molar-refractivity contribution in [1.29, 1.82) is 0 Å². The summed E-state index contributed by atoms with van der Waals surface area (Å²) in [5.74, 6) is 0.0306. The quantitative estimate of drug-likeness (QED) is 0.615. The zero-order valence-electron chi connectivity index (χ0n) is 16.8. The van der Waals surface area contributed by atoms with Crippen molar-refractivity contribution < 1.29 is 13.2 Å². The molecule has 2 aromatic rings. The van der Waals surface area contributed by atoms with Gasteiger partial charge >= 0.3 is 0 Å². The molecule has 1 aromatic heterocycles. The number of anilines is 1. The van der Waals surface area contributed by atoms with Gasteiger partial charge in [0.25, 0.3) is 10.2 Å². The fourth-order valence-electron chi connectivity index (χ4n) is 3.72. The zero-order chi connectivity index (χ0) is 21.0. The molecule has 1 aliphatic rings. The summed E-state index contributed by atoms with van der Waals surface area (Å²) in [7, 11) is -3.69. The van der Waals surface area contributed by atoms with Gasteiger partial charge in [-0.25, -0.2) is 14.5 Å². The molecule has 0 bridgehead atoms. The molecule has 1 amide bonds. The molecule has 1 aromatic carbocycles. The lowest BCUT2D eigenvalue weighted by atomic mass is 9.98. The number of amides is 1. The number of carbonyl (C=O) groups excluding carboxylic acids is 1. The second-order valence-corrected chi connectivity index (χ2v) is 8.86. The first-order valence-corrected chi connectivity index (χ1v) is 11.2. The second-order valence-electron chi connectivity index (χ2n) is 7.48. The smallest absolute Gasteiger partial charge is 0.274 e. The van der Waals surface area contributed by atoms with E-state index in [1.807, 2.05) is 53.8 Å². The van der Waals surface area contributed by atoms with Crippen LogP contribution in [0.2, 0.25) is 0 Å². The molecule has 1 atom stereocenters. The Hall–Kier alpha value is -2.27. The van der Waals surface area contributed by atoms with Gasteiger partial charge in [-0.3, -0.25) is 9.69 Å². The number of carbonyl (C=O) groups is 1. The summed E-state index contributed by atoms with van der Waals surface area (Å²) in [4.78, 5) is 14.7. The van der Waals surface area contributed by atoms with Crippen molar-refractivity contribution >= 4 is 21.8 Å². The number of rotatable bonds is 7. The van der Waals surface area contributed by atoms with Gasteiger partial charge in [0.15, 0.2) is 0 Å². The van der Waals surface area contributed by atoms with Crippen LogP contribution in [0, 0.1) is 19.8 Å². The number of hydrogen-bond donors (Lipinski definition) is 3. The molecule has 10 heteroatoms. The topological polar surface area (TPSA) is 122 Å². The maximum absolute atomic E-state index is 12.6. The van der Waals surface area contributed by atoms with E-state index in [0.717, 1.165) is 42.1 Å². The minimum atomic E-state index is -3.69. The molecule has 0 saturated carbocycles. The molecule has 1 fully saturated rings. The molecule has 1 unspecified atom stereocenters. The van der Waals surface area contributed by atoms with E-state index in [9.17, 15) is 13.2 Å². The van der Waals surface area contributed by atoms with Crippen LogP contribution in [0.4, 0.5) is 5.69 Å². The van der Waals surface area contributed by atoms with Gasteiger partial charge in [-0.15, -0.1) is 0 Å². The number of benzene rings is 1. The highest BCUT2D eigenvalue weighted by atomic mass is 32.2. The summed E-state index contributed by atoms with van der Waals surface area (Å²) in [6.45, 7) is 5.80. The SMILES string of the molecule is Cc1nn(-c2ccccc2)c(C)c1NC(=O)CN1CCCC(CNS(N)(=O)=O)C1. The number of hydrogen-bond acceptors (Lipinski definition) is 5. The normalized spacial score (nSPS) is 18.0. The van der Waals surface area contributed by atoms with Gasteiger partial charge in [0, 0.05) is 13.1 Å². The average Bonchev–Trinajstić information content (AvgIpc) is 2.95. The van der Waals surface area contributed by atoms with Gasteiger partial charge in [0.2, 0.25) is 5.91 Å². The largest absolute Gasteiger partial charge is 0.322 e. The number of piperidine rings is 1. The molecule has 29 heavy (non-hydrogen) atoms. The summed E-state index contributed by atoms with van der Waals surface area (Å²) in [5, 5.41) is 12.5. The van der Waals surface area contributed by atoms with E-state index in [4.69, 9.17) is 5.14 Å². The molecule has 2 heterocycles. The highest BCUT2D eigenvalue weighted by molar-refractivity contribution is 7.87. The number of nitrogens with zero attached hydrogens (tertiary/aromatic N) is 3. The van der Waals surface area contributed by atoms with Gasteiger partial charge in [-0.1, -0.05) is 18.2 Å². The van der Waals surface area contributed by atoms with Gasteiger partial charge < -0.3 is 5.32 Å². The molecule has 0 aliphatic carbocycles. The minimum Gasteiger partial charge on any atom is -0.322 e. The fourth-order valence-corrected chi connectivity index (χ4v) is 4.19. The van der Waals surface area contributed by atoms with E-state index in [0.29, 0.717) is 13.1 Å². The van der Waals surface area contributed by atoms with Crippen LogP contribution in [0.25, 0.3) is 5.69 Å². The Labute approximate surface area is 171 Å². The number of aryl methyl sites for hydroxylation is 1. The van der Waals surface area contributed by atoms with Gasteiger partial charge in [0.05, 0.1) is 29.3 Å². The summed E-state index contributed by atoms with van der Waals surface area (Å²) in [6.07, 6.45) is 1.82. The van der Waals surface area contributed by atoms with Crippen LogP contribution in [0.1, 0.15) is 24.2 Å². The summed E-state index contributed by atoms with van der Waals surface area (Å²) < 4.78 is 26.3. The zero-order valence-corrected chi connectivity index (χ0v) is 17.6. The molecule has 158 valence electrons. The van der Waals surface area contributed by atoms with E-state index < -0.39 is 10.2 Å². The Morgan fingerprint density at radius 1 is 1.28 bits per heavy atom. The Kier molecular flexibility index (Phi) is 6.68. The first-order valence-electron chi connectivity index (χ1n) is 9.64. The molecule has 9 nitrogen and oxygen atoms in total. The van der Waals surface area contributed by atoms with Crippen LogP contribution in [-0.2, 0) is 15.0 Å². The number of nitrogens with two attached hydrogens (primary N) is 1. The number of nitrogens with one attached hydrogen (secondary N) is 2. The highest BCUT2D eigenvalue weighted by Gasteiger charge is 2.23. The standard InChI is InChI=1S/C19H28N6O3S/c1-14-19(15(2)25(23-14)17-8-4-3-5-9-17)22-18(26)13-24-10-6-7-16(12-24)11-21-29(20,27)28/h3-5,8-9,16,21H,6-7,10-13H2,1-2H3,(H,22,26)(H2,20,27,28). The van der Waals surface area contributed by atoms with Crippen molar-refractivity contribution in [2.45, 2.75) is 26.7 Å². The van der Waals surface area contributed by atoms with Crippen molar-refractivity contribution in [1.82, 2.24) is 19.4 Å². The van der Waals surface area contributed by atoms with Gasteiger partial charge in [-0.2, -0.15) is 13.5 Å². The number of aromatic nitrogens is 2. The maximum Gasteiger partial charge on any atom is 0.274 e. The molecule has 3 rings (SSSR count). The van der Waals surface area contributed by atoms with Crippen LogP contribution in [0.15, 0.2) is 30.3 Å². The monoisotopic (exact) mass is 420 g/mol. The Bertz CT molecular complexity index is 958. The van der Waals surface area contributed by atoms with Crippen molar-refractivity contribution in [3.8, 4) is 5.69 Å². The minimum absolute atomic E-state index is 0.108. The van der Waals surface area contributed by atoms with Crippen LogP contribution < -0.4 is 15.2 Å². The van der Waals surface area contributed by atoms with Crippen LogP contribution in [0.5, 0.6) is 0 Å². The van der Waals surface area contributed by atoms with E-state index >= 15 is 0 Å². The molecule has 0 spiro atoms. The molecule has 1 aliphatic heterocycles. The molecular weight excluding hydrogens is 392 g/mol. The van der Waals surface area contributed by atoms with E-state index in [1.165, 1.54) is 0 Å². The first-order chi connectivity index (χ1) is 13.7. The molecule has 0 radical (unpaired) electrons. The lowest BCUT2D eigenvalue weighted by Crippen LogP contribution is -2.44. The van der Waals surface area contributed by atoms with E-state index in [2.05, 4.69) is 15.1 Å². The Balaban J connectivity index is 1.60. The van der Waals surface area contributed by atoms with Crippen molar-refractivity contribution in [2.75, 3.05) is 31.5 Å². The van der Waals surface area contributed by atoms with Crippen LogP contribution in [-0.4, -0.2) is 55.2 Å². The van der Waals surface area contributed by atoms with E-state index in [-0.39, 0.29) is 18.4 Å². The lowest BCUT2D eigenvalue weighted by molar-refractivity contribution is -0.117. The predicted molar refractivity (Wildman–Crippen MR) is 112 cm³/mol. The van der Waals surface area contributed by atoms with E-state index in [1.54, 1.807) is 0 Å².